The van der Waals surface area contributed by atoms with Crippen LogP contribution in [0, 0.1) is 5.41 Å². The average molecular weight is 241 g/mol. The Kier molecular flexibility index (Phi) is 5.45. The third-order valence-corrected chi connectivity index (χ3v) is 3.26. The van der Waals surface area contributed by atoms with Crippen LogP contribution in [0.3, 0.4) is 0 Å². The minimum absolute atomic E-state index is 0.0413. The van der Waals surface area contributed by atoms with Crippen molar-refractivity contribution in [2.75, 3.05) is 13.2 Å². The van der Waals surface area contributed by atoms with Crippen molar-refractivity contribution < 1.29 is 14.3 Å². The zero-order valence-corrected chi connectivity index (χ0v) is 10.9. The van der Waals surface area contributed by atoms with E-state index in [1.54, 1.807) is 6.92 Å². The lowest BCUT2D eigenvalue weighted by Gasteiger charge is -2.14. The Balaban J connectivity index is 2.11. The van der Waals surface area contributed by atoms with Crippen LogP contribution in [-0.4, -0.2) is 25.0 Å². The van der Waals surface area contributed by atoms with Crippen LogP contribution >= 0.6 is 0 Å². The molecule has 17 heavy (non-hydrogen) atoms. The molecule has 0 spiro atoms. The predicted octanol–water partition coefficient (Wildman–Crippen LogP) is 2.03. The number of rotatable bonds is 8. The van der Waals surface area contributed by atoms with Gasteiger partial charge in [0.1, 0.15) is 0 Å². The van der Waals surface area contributed by atoms with Gasteiger partial charge in [-0.3, -0.25) is 9.59 Å². The number of carbonyl (C=O) groups excluding carboxylic acids is 2. The molecule has 0 unspecified atom stereocenters. The minimum atomic E-state index is -0.294. The van der Waals surface area contributed by atoms with Crippen LogP contribution in [0.15, 0.2) is 0 Å². The first-order valence-electron chi connectivity index (χ1n) is 6.54. The van der Waals surface area contributed by atoms with Gasteiger partial charge in [-0.15, -0.1) is 0 Å². The third-order valence-electron chi connectivity index (χ3n) is 3.26. The van der Waals surface area contributed by atoms with E-state index in [-0.39, 0.29) is 24.7 Å². The number of hydrogen-bond acceptors (Lipinski definition) is 3. The smallest absolute Gasteiger partial charge is 0.306 e. The van der Waals surface area contributed by atoms with Gasteiger partial charge >= 0.3 is 5.97 Å². The normalized spacial score (nSPS) is 16.4. The summed E-state index contributed by atoms with van der Waals surface area (Å²) in [5.74, 6) is -0.335. The summed E-state index contributed by atoms with van der Waals surface area (Å²) in [5, 5.41) is 2.92. The molecule has 0 aromatic carbocycles. The number of carbonyl (C=O) groups is 2. The van der Waals surface area contributed by atoms with Gasteiger partial charge in [-0.05, 0) is 31.6 Å². The van der Waals surface area contributed by atoms with Gasteiger partial charge in [0.15, 0.2) is 0 Å². The van der Waals surface area contributed by atoms with Crippen LogP contribution in [0.25, 0.3) is 0 Å². The van der Waals surface area contributed by atoms with E-state index in [4.69, 9.17) is 4.74 Å². The van der Waals surface area contributed by atoms with E-state index in [0.717, 1.165) is 6.54 Å². The van der Waals surface area contributed by atoms with Crippen molar-refractivity contribution in [1.29, 1.82) is 0 Å². The molecule has 1 aliphatic carbocycles. The van der Waals surface area contributed by atoms with E-state index < -0.39 is 0 Å². The zero-order chi connectivity index (χ0) is 12.7. The number of ether oxygens (including phenoxy) is 1. The first kappa shape index (κ1) is 14.0. The summed E-state index contributed by atoms with van der Waals surface area (Å²) in [6, 6.07) is 0. The fraction of sp³-hybridized carbons (Fsp3) is 0.846. The molecule has 0 atom stereocenters. The Labute approximate surface area is 103 Å². The van der Waals surface area contributed by atoms with Crippen LogP contribution in [-0.2, 0) is 14.3 Å². The Morgan fingerprint density at radius 3 is 2.47 bits per heavy atom. The van der Waals surface area contributed by atoms with Gasteiger partial charge in [-0.2, -0.15) is 0 Å². The van der Waals surface area contributed by atoms with Crippen molar-refractivity contribution >= 4 is 11.9 Å². The maximum absolute atomic E-state index is 11.5. The average Bonchev–Trinajstić information content (AvgIpc) is 3.05. The summed E-state index contributed by atoms with van der Waals surface area (Å²) in [4.78, 5) is 22.6. The maximum Gasteiger partial charge on any atom is 0.306 e. The van der Waals surface area contributed by atoms with E-state index in [0.29, 0.717) is 12.0 Å². The molecular formula is C13H23NO3. The lowest BCUT2D eigenvalue weighted by molar-refractivity contribution is -0.144. The lowest BCUT2D eigenvalue weighted by Crippen LogP contribution is -2.30. The second-order valence-electron chi connectivity index (χ2n) is 4.83. The summed E-state index contributed by atoms with van der Waals surface area (Å²) < 4.78 is 4.77. The summed E-state index contributed by atoms with van der Waals surface area (Å²) >= 11 is 0. The second kappa shape index (κ2) is 6.62. The Hall–Kier alpha value is -1.06. The number of nitrogens with one attached hydrogen (secondary N) is 1. The molecule has 0 heterocycles. The molecular weight excluding hydrogens is 218 g/mol. The minimum Gasteiger partial charge on any atom is -0.466 e. The summed E-state index contributed by atoms with van der Waals surface area (Å²) in [6.45, 7) is 5.07. The fourth-order valence-electron chi connectivity index (χ4n) is 2.05. The molecule has 0 aliphatic heterocycles. The Morgan fingerprint density at radius 2 is 1.94 bits per heavy atom. The molecule has 0 saturated heterocycles. The third kappa shape index (κ3) is 5.20. The van der Waals surface area contributed by atoms with Crippen LogP contribution in [0.2, 0.25) is 0 Å². The highest BCUT2D eigenvalue weighted by molar-refractivity contribution is 5.81. The molecule has 4 nitrogen and oxygen atoms in total. The molecule has 1 rings (SSSR count). The fourth-order valence-corrected chi connectivity index (χ4v) is 2.05. The molecule has 0 radical (unpaired) electrons. The van der Waals surface area contributed by atoms with Gasteiger partial charge in [-0.1, -0.05) is 13.3 Å². The van der Waals surface area contributed by atoms with Crippen molar-refractivity contribution in [2.45, 2.75) is 52.4 Å². The van der Waals surface area contributed by atoms with Gasteiger partial charge in [-0.25, -0.2) is 0 Å². The van der Waals surface area contributed by atoms with E-state index in [9.17, 15) is 9.59 Å². The van der Waals surface area contributed by atoms with Crippen LogP contribution < -0.4 is 5.32 Å². The van der Waals surface area contributed by atoms with Crippen molar-refractivity contribution in [2.24, 2.45) is 5.41 Å². The lowest BCUT2D eigenvalue weighted by atomic mass is 10.0. The quantitative estimate of drug-likeness (QED) is 0.661. The number of esters is 1. The maximum atomic E-state index is 11.5. The summed E-state index contributed by atoms with van der Waals surface area (Å²) in [6.07, 6.45) is 5.21. The topological polar surface area (TPSA) is 55.4 Å². The highest BCUT2D eigenvalue weighted by Gasteiger charge is 2.41. The largest absolute Gasteiger partial charge is 0.466 e. The Bertz CT molecular complexity index is 272. The van der Waals surface area contributed by atoms with Gasteiger partial charge < -0.3 is 10.1 Å². The van der Waals surface area contributed by atoms with Crippen LogP contribution in [0.5, 0.6) is 0 Å². The number of amides is 1. The first-order chi connectivity index (χ1) is 8.12. The van der Waals surface area contributed by atoms with Gasteiger partial charge in [0.25, 0.3) is 0 Å². The standard InChI is InChI=1S/C13H23NO3/c1-3-7-13(8-9-13)10-14-11(15)5-6-12(16)17-4-2/h3-10H2,1-2H3,(H,14,15). The number of hydrogen-bond donors (Lipinski definition) is 1. The molecule has 1 N–H and O–H groups in total. The molecule has 1 amide bonds. The van der Waals surface area contributed by atoms with E-state index in [2.05, 4.69) is 12.2 Å². The second-order valence-corrected chi connectivity index (χ2v) is 4.83. The molecule has 98 valence electrons. The first-order valence-corrected chi connectivity index (χ1v) is 6.54. The highest BCUT2D eigenvalue weighted by atomic mass is 16.5. The molecule has 1 aliphatic rings. The van der Waals surface area contributed by atoms with E-state index in [1.165, 1.54) is 25.7 Å². The zero-order valence-electron chi connectivity index (χ0n) is 10.9. The summed E-state index contributed by atoms with van der Waals surface area (Å²) in [7, 11) is 0. The van der Waals surface area contributed by atoms with Gasteiger partial charge in [0.2, 0.25) is 5.91 Å². The van der Waals surface area contributed by atoms with Crippen LogP contribution in [0.1, 0.15) is 52.4 Å². The van der Waals surface area contributed by atoms with E-state index >= 15 is 0 Å². The van der Waals surface area contributed by atoms with Crippen molar-refractivity contribution in [1.82, 2.24) is 5.32 Å². The van der Waals surface area contributed by atoms with Crippen molar-refractivity contribution in [3.63, 3.8) is 0 Å². The van der Waals surface area contributed by atoms with Gasteiger partial charge in [0, 0.05) is 13.0 Å². The van der Waals surface area contributed by atoms with E-state index in [1.807, 2.05) is 0 Å². The molecule has 1 fully saturated rings. The van der Waals surface area contributed by atoms with Gasteiger partial charge in [0.05, 0.1) is 13.0 Å². The molecule has 0 aromatic rings. The molecule has 0 aromatic heterocycles. The monoisotopic (exact) mass is 241 g/mol. The van der Waals surface area contributed by atoms with Crippen molar-refractivity contribution in [3.8, 4) is 0 Å². The van der Waals surface area contributed by atoms with Crippen LogP contribution in [0.4, 0.5) is 0 Å². The SMILES string of the molecule is CCCC1(CNC(=O)CCC(=O)OCC)CC1. The predicted molar refractivity (Wildman–Crippen MR) is 65.5 cm³/mol. The van der Waals surface area contributed by atoms with Crippen molar-refractivity contribution in [3.05, 3.63) is 0 Å². The molecule has 4 heteroatoms. The summed E-state index contributed by atoms with van der Waals surface area (Å²) in [5.41, 5.74) is 0.369. The molecule has 1 saturated carbocycles. The Morgan fingerprint density at radius 1 is 1.24 bits per heavy atom. The molecule has 0 bridgehead atoms. The highest BCUT2D eigenvalue weighted by Crippen LogP contribution is 2.48.